The summed E-state index contributed by atoms with van der Waals surface area (Å²) in [6.45, 7) is 0. The number of hydrogen-bond acceptors (Lipinski definition) is 1. The molecule has 1 nitrogen and oxygen atoms in total. The Bertz CT molecular complexity index is 618. The van der Waals surface area contributed by atoms with Gasteiger partial charge < -0.3 is 0 Å². The highest BCUT2D eigenvalue weighted by Gasteiger charge is 2.27. The second kappa shape index (κ2) is 5.18. The number of fused-ring (bicyclic) bond motifs is 1. The van der Waals surface area contributed by atoms with Crippen molar-refractivity contribution in [2.45, 2.75) is 25.2 Å². The molecular weight excluding hydrogens is 256 g/mol. The van der Waals surface area contributed by atoms with Crippen molar-refractivity contribution in [3.63, 3.8) is 0 Å². The Morgan fingerprint density at radius 3 is 2.63 bits per heavy atom. The van der Waals surface area contributed by atoms with E-state index in [4.69, 9.17) is 11.6 Å². The van der Waals surface area contributed by atoms with E-state index >= 15 is 0 Å². The molecule has 0 fully saturated rings. The van der Waals surface area contributed by atoms with Gasteiger partial charge in [-0.15, -0.1) is 0 Å². The highest BCUT2D eigenvalue weighted by atomic mass is 35.5. The van der Waals surface area contributed by atoms with E-state index in [9.17, 15) is 4.79 Å². The third-order valence-corrected chi connectivity index (χ3v) is 4.15. The molecule has 0 N–H and O–H groups in total. The third kappa shape index (κ3) is 2.31. The largest absolute Gasteiger partial charge is 0.293 e. The van der Waals surface area contributed by atoms with Gasteiger partial charge in [-0.25, -0.2) is 0 Å². The molecule has 0 aliphatic heterocycles. The van der Waals surface area contributed by atoms with Crippen molar-refractivity contribution >= 4 is 17.4 Å². The van der Waals surface area contributed by atoms with Crippen molar-refractivity contribution in [3.8, 4) is 0 Å². The summed E-state index contributed by atoms with van der Waals surface area (Å²) in [5.41, 5.74) is 3.13. The maximum atomic E-state index is 12.7. The van der Waals surface area contributed by atoms with Crippen LogP contribution in [0.4, 0.5) is 0 Å². The van der Waals surface area contributed by atoms with Crippen LogP contribution in [-0.4, -0.2) is 5.78 Å². The summed E-state index contributed by atoms with van der Waals surface area (Å²) in [6, 6.07) is 15.6. The van der Waals surface area contributed by atoms with Gasteiger partial charge in [-0.2, -0.15) is 0 Å². The van der Waals surface area contributed by atoms with Crippen LogP contribution in [0.5, 0.6) is 0 Å². The van der Waals surface area contributed by atoms with Crippen LogP contribution in [0.25, 0.3) is 0 Å². The molecule has 0 aromatic heterocycles. The molecule has 0 heterocycles. The van der Waals surface area contributed by atoms with Gasteiger partial charge in [0.15, 0.2) is 5.78 Å². The van der Waals surface area contributed by atoms with Crippen molar-refractivity contribution in [2.24, 2.45) is 0 Å². The van der Waals surface area contributed by atoms with E-state index < -0.39 is 0 Å². The molecule has 19 heavy (non-hydrogen) atoms. The van der Waals surface area contributed by atoms with E-state index in [0.29, 0.717) is 10.6 Å². The van der Waals surface area contributed by atoms with Gasteiger partial charge in [0.25, 0.3) is 0 Å². The third-order valence-electron chi connectivity index (χ3n) is 3.83. The van der Waals surface area contributed by atoms with Gasteiger partial charge in [0, 0.05) is 11.5 Å². The van der Waals surface area contributed by atoms with Gasteiger partial charge >= 0.3 is 0 Å². The number of ketones is 1. The average Bonchev–Trinajstić information content (AvgIpc) is 2.46. The molecule has 1 aliphatic rings. The van der Waals surface area contributed by atoms with Crippen LogP contribution in [0, 0.1) is 0 Å². The SMILES string of the molecule is O=C(c1ccccc1Cl)C1CCCc2ccccc21. The Labute approximate surface area is 118 Å². The molecule has 3 rings (SSSR count). The Kier molecular flexibility index (Phi) is 3.39. The molecule has 1 unspecified atom stereocenters. The number of benzene rings is 2. The number of halogens is 1. The second-order valence-electron chi connectivity index (χ2n) is 4.99. The number of carbonyl (C=O) groups excluding carboxylic acids is 1. The van der Waals surface area contributed by atoms with Crippen molar-refractivity contribution in [3.05, 3.63) is 70.2 Å². The molecule has 0 saturated carbocycles. The van der Waals surface area contributed by atoms with E-state index in [1.54, 1.807) is 6.07 Å². The number of rotatable bonds is 2. The lowest BCUT2D eigenvalue weighted by Crippen LogP contribution is -2.19. The molecule has 96 valence electrons. The standard InChI is InChI=1S/C17H15ClO/c18-16-11-4-3-9-15(16)17(19)14-10-5-7-12-6-1-2-8-13(12)14/h1-4,6,8-9,11,14H,5,7,10H2. The van der Waals surface area contributed by atoms with Crippen LogP contribution >= 0.6 is 11.6 Å². The van der Waals surface area contributed by atoms with E-state index in [-0.39, 0.29) is 11.7 Å². The minimum Gasteiger partial charge on any atom is -0.293 e. The summed E-state index contributed by atoms with van der Waals surface area (Å²) in [5.74, 6) is 0.114. The minimum absolute atomic E-state index is 0.0372. The van der Waals surface area contributed by atoms with Gasteiger partial charge in [-0.1, -0.05) is 48.0 Å². The molecule has 0 bridgehead atoms. The lowest BCUT2D eigenvalue weighted by Gasteiger charge is -2.24. The first-order valence-electron chi connectivity index (χ1n) is 6.64. The van der Waals surface area contributed by atoms with Gasteiger partial charge in [0.05, 0.1) is 5.02 Å². The van der Waals surface area contributed by atoms with Gasteiger partial charge in [-0.3, -0.25) is 4.79 Å². The normalized spacial score (nSPS) is 17.8. The molecule has 0 radical (unpaired) electrons. The van der Waals surface area contributed by atoms with E-state index in [2.05, 4.69) is 12.1 Å². The molecule has 2 aromatic rings. The van der Waals surface area contributed by atoms with E-state index in [1.807, 2.05) is 30.3 Å². The van der Waals surface area contributed by atoms with Crippen molar-refractivity contribution < 1.29 is 4.79 Å². The molecule has 2 aromatic carbocycles. The Morgan fingerprint density at radius 1 is 1.05 bits per heavy atom. The first-order valence-corrected chi connectivity index (χ1v) is 7.01. The zero-order valence-corrected chi connectivity index (χ0v) is 11.4. The lowest BCUT2D eigenvalue weighted by atomic mass is 9.79. The fraction of sp³-hybridized carbons (Fsp3) is 0.235. The molecule has 0 amide bonds. The minimum atomic E-state index is -0.0372. The van der Waals surface area contributed by atoms with E-state index in [1.165, 1.54) is 11.1 Å². The number of hydrogen-bond donors (Lipinski definition) is 0. The summed E-state index contributed by atoms with van der Waals surface area (Å²) >= 11 is 6.14. The van der Waals surface area contributed by atoms with Crippen molar-refractivity contribution in [1.29, 1.82) is 0 Å². The number of Topliss-reactive ketones (excluding diaryl/α,β-unsaturated/α-hetero) is 1. The predicted octanol–water partition coefficient (Wildman–Crippen LogP) is 4.64. The summed E-state index contributed by atoms with van der Waals surface area (Å²) in [7, 11) is 0. The number of carbonyl (C=O) groups is 1. The van der Waals surface area contributed by atoms with Crippen molar-refractivity contribution in [1.82, 2.24) is 0 Å². The quantitative estimate of drug-likeness (QED) is 0.727. The van der Waals surface area contributed by atoms with Crippen LogP contribution in [0.3, 0.4) is 0 Å². The zero-order chi connectivity index (χ0) is 13.2. The maximum absolute atomic E-state index is 12.7. The van der Waals surface area contributed by atoms with Crippen LogP contribution in [-0.2, 0) is 6.42 Å². The molecular formula is C17H15ClO. The first-order chi connectivity index (χ1) is 9.27. The Morgan fingerprint density at radius 2 is 1.79 bits per heavy atom. The fourth-order valence-electron chi connectivity index (χ4n) is 2.88. The Hall–Kier alpha value is -1.60. The van der Waals surface area contributed by atoms with Gasteiger partial charge in [0.1, 0.15) is 0 Å². The molecule has 2 heteroatoms. The highest BCUT2D eigenvalue weighted by Crippen LogP contribution is 2.35. The Balaban J connectivity index is 2.00. The summed E-state index contributed by atoms with van der Waals surface area (Å²) in [4.78, 5) is 12.7. The smallest absolute Gasteiger partial charge is 0.171 e. The summed E-state index contributed by atoms with van der Waals surface area (Å²) < 4.78 is 0. The topological polar surface area (TPSA) is 17.1 Å². The molecule has 1 atom stereocenters. The zero-order valence-electron chi connectivity index (χ0n) is 10.6. The summed E-state index contributed by atoms with van der Waals surface area (Å²) in [5, 5.41) is 0.551. The van der Waals surface area contributed by atoms with Crippen molar-refractivity contribution in [2.75, 3.05) is 0 Å². The van der Waals surface area contributed by atoms with E-state index in [0.717, 1.165) is 19.3 Å². The van der Waals surface area contributed by atoms with Crippen LogP contribution in [0.1, 0.15) is 40.2 Å². The lowest BCUT2D eigenvalue weighted by molar-refractivity contribution is 0.0951. The van der Waals surface area contributed by atoms with Gasteiger partial charge in [-0.05, 0) is 42.5 Å². The highest BCUT2D eigenvalue weighted by molar-refractivity contribution is 6.34. The fourth-order valence-corrected chi connectivity index (χ4v) is 3.10. The van der Waals surface area contributed by atoms with Gasteiger partial charge in [0.2, 0.25) is 0 Å². The maximum Gasteiger partial charge on any atom is 0.171 e. The van der Waals surface area contributed by atoms with Crippen LogP contribution < -0.4 is 0 Å². The molecule has 0 saturated heterocycles. The summed E-state index contributed by atoms with van der Waals surface area (Å²) in [6.07, 6.45) is 3.06. The molecule has 1 aliphatic carbocycles. The average molecular weight is 271 g/mol. The predicted molar refractivity (Wildman–Crippen MR) is 77.9 cm³/mol. The first kappa shape index (κ1) is 12.4. The van der Waals surface area contributed by atoms with Crippen LogP contribution in [0.2, 0.25) is 5.02 Å². The van der Waals surface area contributed by atoms with Crippen LogP contribution in [0.15, 0.2) is 48.5 Å². The number of aryl methyl sites for hydroxylation is 1. The monoisotopic (exact) mass is 270 g/mol. The second-order valence-corrected chi connectivity index (χ2v) is 5.39. The molecule has 0 spiro atoms.